The molecule has 0 aliphatic rings. The molecular formula is C11H25NO2S. The lowest BCUT2D eigenvalue weighted by Gasteiger charge is -2.25. The summed E-state index contributed by atoms with van der Waals surface area (Å²) < 4.78 is 25.5. The average molecular weight is 235 g/mol. The second-order valence-corrected chi connectivity index (χ2v) is 6.71. The third kappa shape index (κ3) is 7.79. The fourth-order valence-electron chi connectivity index (χ4n) is 1.54. The van der Waals surface area contributed by atoms with Crippen LogP contribution in [-0.4, -0.2) is 19.7 Å². The zero-order valence-electron chi connectivity index (χ0n) is 10.5. The predicted molar refractivity (Wildman–Crippen MR) is 65.4 cm³/mol. The molecule has 0 radical (unpaired) electrons. The third-order valence-corrected chi connectivity index (χ3v) is 4.09. The van der Waals surface area contributed by atoms with Crippen molar-refractivity contribution in [3.63, 3.8) is 0 Å². The minimum atomic E-state index is -3.07. The van der Waals surface area contributed by atoms with Crippen LogP contribution in [0.2, 0.25) is 0 Å². The SMILES string of the molecule is CCCCCCC(C)(C)NS(=O)(=O)CC. The first-order valence-corrected chi connectivity index (χ1v) is 7.50. The van der Waals surface area contributed by atoms with Gasteiger partial charge in [-0.15, -0.1) is 0 Å². The average Bonchev–Trinajstić information content (AvgIpc) is 2.11. The molecular weight excluding hydrogens is 210 g/mol. The molecule has 4 heteroatoms. The summed E-state index contributed by atoms with van der Waals surface area (Å²) in [6.45, 7) is 7.73. The Balaban J connectivity index is 3.97. The Hall–Kier alpha value is -0.0900. The Kier molecular flexibility index (Phi) is 6.44. The quantitative estimate of drug-likeness (QED) is 0.657. The van der Waals surface area contributed by atoms with Gasteiger partial charge in [-0.25, -0.2) is 13.1 Å². The molecule has 0 aliphatic carbocycles. The summed E-state index contributed by atoms with van der Waals surface area (Å²) in [6, 6.07) is 0. The monoisotopic (exact) mass is 235 g/mol. The largest absolute Gasteiger partial charge is 0.212 e. The number of unbranched alkanes of at least 4 members (excludes halogenated alkanes) is 3. The Bertz CT molecular complexity index is 258. The molecule has 0 rings (SSSR count). The van der Waals surface area contributed by atoms with Gasteiger partial charge in [0, 0.05) is 5.54 Å². The van der Waals surface area contributed by atoms with Crippen molar-refractivity contribution in [1.29, 1.82) is 0 Å². The topological polar surface area (TPSA) is 46.2 Å². The van der Waals surface area contributed by atoms with Crippen molar-refractivity contribution in [2.24, 2.45) is 0 Å². The lowest BCUT2D eigenvalue weighted by Crippen LogP contribution is -2.43. The van der Waals surface area contributed by atoms with Crippen molar-refractivity contribution in [2.45, 2.75) is 65.3 Å². The maximum Gasteiger partial charge on any atom is 0.211 e. The second-order valence-electron chi connectivity index (χ2n) is 4.70. The van der Waals surface area contributed by atoms with E-state index in [1.165, 1.54) is 19.3 Å². The minimum Gasteiger partial charge on any atom is -0.212 e. The standard InChI is InChI=1S/C11H25NO2S/c1-5-7-8-9-10-11(3,4)12-15(13,14)6-2/h12H,5-10H2,1-4H3. The molecule has 0 unspecified atom stereocenters. The summed E-state index contributed by atoms with van der Waals surface area (Å²) in [6.07, 6.45) is 5.63. The lowest BCUT2D eigenvalue weighted by atomic mass is 9.98. The van der Waals surface area contributed by atoms with Gasteiger partial charge >= 0.3 is 0 Å². The third-order valence-electron chi connectivity index (χ3n) is 2.47. The first-order valence-electron chi connectivity index (χ1n) is 5.84. The molecule has 3 nitrogen and oxygen atoms in total. The van der Waals surface area contributed by atoms with Gasteiger partial charge in [-0.3, -0.25) is 0 Å². The zero-order chi connectivity index (χ0) is 11.9. The molecule has 0 amide bonds. The molecule has 0 heterocycles. The first kappa shape index (κ1) is 14.9. The van der Waals surface area contributed by atoms with Crippen molar-refractivity contribution in [1.82, 2.24) is 4.72 Å². The summed E-state index contributed by atoms with van der Waals surface area (Å²) in [5.74, 6) is 0.158. The molecule has 0 saturated heterocycles. The van der Waals surface area contributed by atoms with Gasteiger partial charge in [-0.2, -0.15) is 0 Å². The van der Waals surface area contributed by atoms with E-state index in [9.17, 15) is 8.42 Å². The van der Waals surface area contributed by atoms with Crippen molar-refractivity contribution < 1.29 is 8.42 Å². The van der Waals surface area contributed by atoms with Crippen LogP contribution < -0.4 is 4.72 Å². The molecule has 0 aromatic carbocycles. The molecule has 0 spiro atoms. The van der Waals surface area contributed by atoms with E-state index in [0.717, 1.165) is 12.8 Å². The van der Waals surface area contributed by atoms with E-state index < -0.39 is 10.0 Å². The van der Waals surface area contributed by atoms with Crippen LogP contribution in [0.1, 0.15) is 59.8 Å². The van der Waals surface area contributed by atoms with Crippen LogP contribution in [0.5, 0.6) is 0 Å². The lowest BCUT2D eigenvalue weighted by molar-refractivity contribution is 0.401. The van der Waals surface area contributed by atoms with Gasteiger partial charge in [0.05, 0.1) is 5.75 Å². The summed E-state index contributed by atoms with van der Waals surface area (Å²) >= 11 is 0. The maximum absolute atomic E-state index is 11.4. The second kappa shape index (κ2) is 6.48. The first-order chi connectivity index (χ1) is 6.83. The van der Waals surface area contributed by atoms with E-state index in [-0.39, 0.29) is 11.3 Å². The summed E-state index contributed by atoms with van der Waals surface area (Å²) in [5, 5.41) is 0. The molecule has 92 valence electrons. The molecule has 0 aromatic rings. The Morgan fingerprint density at radius 2 is 1.67 bits per heavy atom. The number of hydrogen-bond acceptors (Lipinski definition) is 2. The van der Waals surface area contributed by atoms with Gasteiger partial charge in [-0.1, -0.05) is 32.6 Å². The Labute approximate surface area is 94.7 Å². The molecule has 0 fully saturated rings. The Morgan fingerprint density at radius 1 is 1.07 bits per heavy atom. The van der Waals surface area contributed by atoms with Crippen molar-refractivity contribution in [3.8, 4) is 0 Å². The van der Waals surface area contributed by atoms with E-state index in [1.807, 2.05) is 13.8 Å². The molecule has 0 saturated carbocycles. The smallest absolute Gasteiger partial charge is 0.211 e. The number of hydrogen-bond donors (Lipinski definition) is 1. The molecule has 1 N–H and O–H groups in total. The predicted octanol–water partition coefficient (Wildman–Crippen LogP) is 2.67. The van der Waals surface area contributed by atoms with Crippen molar-refractivity contribution in [2.75, 3.05) is 5.75 Å². The van der Waals surface area contributed by atoms with Crippen molar-refractivity contribution >= 4 is 10.0 Å². The fourth-order valence-corrected chi connectivity index (χ4v) is 2.63. The van der Waals surface area contributed by atoms with E-state index in [1.54, 1.807) is 6.92 Å². The highest BCUT2D eigenvalue weighted by atomic mass is 32.2. The molecule has 0 atom stereocenters. The number of rotatable bonds is 8. The summed E-state index contributed by atoms with van der Waals surface area (Å²) in [7, 11) is -3.07. The zero-order valence-corrected chi connectivity index (χ0v) is 11.3. The summed E-state index contributed by atoms with van der Waals surface area (Å²) in [5.41, 5.74) is -0.303. The van der Waals surface area contributed by atoms with Crippen LogP contribution in [0, 0.1) is 0 Å². The van der Waals surface area contributed by atoms with Crippen LogP contribution in [-0.2, 0) is 10.0 Å². The van der Waals surface area contributed by atoms with Gasteiger partial charge < -0.3 is 0 Å². The van der Waals surface area contributed by atoms with Crippen LogP contribution in [0.4, 0.5) is 0 Å². The highest BCUT2D eigenvalue weighted by molar-refractivity contribution is 7.89. The molecule has 0 aromatic heterocycles. The van der Waals surface area contributed by atoms with Crippen LogP contribution in [0.3, 0.4) is 0 Å². The van der Waals surface area contributed by atoms with E-state index in [2.05, 4.69) is 11.6 Å². The van der Waals surface area contributed by atoms with Crippen LogP contribution in [0.15, 0.2) is 0 Å². The van der Waals surface area contributed by atoms with Gasteiger partial charge in [0.1, 0.15) is 0 Å². The normalized spacial score (nSPS) is 13.1. The van der Waals surface area contributed by atoms with Crippen LogP contribution in [0.25, 0.3) is 0 Å². The number of sulfonamides is 1. The highest BCUT2D eigenvalue weighted by Gasteiger charge is 2.22. The highest BCUT2D eigenvalue weighted by Crippen LogP contribution is 2.15. The van der Waals surface area contributed by atoms with E-state index >= 15 is 0 Å². The van der Waals surface area contributed by atoms with E-state index in [0.29, 0.717) is 0 Å². The van der Waals surface area contributed by atoms with Gasteiger partial charge in [0.25, 0.3) is 0 Å². The molecule has 0 aliphatic heterocycles. The fraction of sp³-hybridized carbons (Fsp3) is 1.00. The van der Waals surface area contributed by atoms with Crippen molar-refractivity contribution in [3.05, 3.63) is 0 Å². The van der Waals surface area contributed by atoms with Crippen LogP contribution >= 0.6 is 0 Å². The van der Waals surface area contributed by atoms with Gasteiger partial charge in [0.2, 0.25) is 10.0 Å². The van der Waals surface area contributed by atoms with Gasteiger partial charge in [-0.05, 0) is 27.2 Å². The molecule has 0 bridgehead atoms. The minimum absolute atomic E-state index is 0.158. The maximum atomic E-state index is 11.4. The number of nitrogens with one attached hydrogen (secondary N) is 1. The Morgan fingerprint density at radius 3 is 2.13 bits per heavy atom. The van der Waals surface area contributed by atoms with Gasteiger partial charge in [0.15, 0.2) is 0 Å². The molecule has 15 heavy (non-hydrogen) atoms. The van der Waals surface area contributed by atoms with E-state index in [4.69, 9.17) is 0 Å². The summed E-state index contributed by atoms with van der Waals surface area (Å²) in [4.78, 5) is 0.